The van der Waals surface area contributed by atoms with Crippen molar-refractivity contribution in [3.8, 4) is 22.5 Å². The van der Waals surface area contributed by atoms with Gasteiger partial charge in [0.2, 0.25) is 0 Å². The third-order valence-corrected chi connectivity index (χ3v) is 7.77. The van der Waals surface area contributed by atoms with Crippen LogP contribution in [0.1, 0.15) is 40.7 Å². The fourth-order valence-corrected chi connectivity index (χ4v) is 5.60. The number of aromatic nitrogens is 4. The zero-order valence-corrected chi connectivity index (χ0v) is 26.2. The van der Waals surface area contributed by atoms with Crippen LogP contribution in [0.25, 0.3) is 44.6 Å². The molecule has 4 aromatic carbocycles. The first-order chi connectivity index (χ1) is 22.6. The van der Waals surface area contributed by atoms with Gasteiger partial charge in [-0.05, 0) is 65.9 Å². The second-order valence-electron chi connectivity index (χ2n) is 11.1. The van der Waals surface area contributed by atoms with E-state index in [-0.39, 0.29) is 0 Å². The van der Waals surface area contributed by atoms with Gasteiger partial charge in [-0.1, -0.05) is 61.5 Å². The van der Waals surface area contributed by atoms with E-state index in [0.29, 0.717) is 24.3 Å². The number of hydrogen-bond donors (Lipinski definition) is 3. The molecule has 2 aromatic heterocycles. The SMILES string of the molecule is CCCc1nc2c(C)cc(-c3nc4ccccc4n3C)cc2n1Cc1ccc(-c2ccccc2C(=O)O)cc1.O=C(O)/C=C/C(=O)O. The Morgan fingerprint density at radius 1 is 0.787 bits per heavy atom. The molecule has 3 N–H and O–H groups in total. The van der Waals surface area contributed by atoms with Crippen molar-refractivity contribution in [1.82, 2.24) is 19.1 Å². The fourth-order valence-electron chi connectivity index (χ4n) is 5.60. The van der Waals surface area contributed by atoms with E-state index in [4.69, 9.17) is 20.2 Å². The predicted molar refractivity (Wildman–Crippen MR) is 181 cm³/mol. The first-order valence-corrected chi connectivity index (χ1v) is 15.0. The highest BCUT2D eigenvalue weighted by molar-refractivity contribution is 5.96. The molecule has 0 aliphatic heterocycles. The minimum Gasteiger partial charge on any atom is -0.478 e. The van der Waals surface area contributed by atoms with Gasteiger partial charge in [-0.3, -0.25) is 0 Å². The van der Waals surface area contributed by atoms with Crippen molar-refractivity contribution in [2.75, 3.05) is 0 Å². The molecule has 238 valence electrons. The average Bonchev–Trinajstić information content (AvgIpc) is 3.58. The van der Waals surface area contributed by atoms with Crippen LogP contribution in [0.2, 0.25) is 0 Å². The molecule has 10 nitrogen and oxygen atoms in total. The molecule has 0 bridgehead atoms. The van der Waals surface area contributed by atoms with Gasteiger partial charge in [-0.25, -0.2) is 24.4 Å². The normalized spacial score (nSPS) is 11.1. The average molecular weight is 631 g/mol. The van der Waals surface area contributed by atoms with Gasteiger partial charge >= 0.3 is 17.9 Å². The molecule has 0 radical (unpaired) electrons. The Kier molecular flexibility index (Phi) is 9.60. The topological polar surface area (TPSA) is 148 Å². The van der Waals surface area contributed by atoms with E-state index in [9.17, 15) is 19.5 Å². The van der Waals surface area contributed by atoms with E-state index in [1.165, 1.54) is 0 Å². The van der Waals surface area contributed by atoms with Crippen LogP contribution >= 0.6 is 0 Å². The van der Waals surface area contributed by atoms with E-state index in [2.05, 4.69) is 60.4 Å². The minimum atomic E-state index is -1.26. The van der Waals surface area contributed by atoms with Crippen molar-refractivity contribution in [2.45, 2.75) is 33.2 Å². The zero-order valence-electron chi connectivity index (χ0n) is 26.2. The number of aryl methyl sites for hydroxylation is 3. The van der Waals surface area contributed by atoms with Crippen LogP contribution in [0.5, 0.6) is 0 Å². The van der Waals surface area contributed by atoms with E-state index in [1.54, 1.807) is 12.1 Å². The number of imidazole rings is 2. The van der Waals surface area contributed by atoms with Crippen LogP contribution < -0.4 is 0 Å². The molecule has 2 heterocycles. The molecule has 0 amide bonds. The number of carbonyl (C=O) groups is 3. The number of aromatic carboxylic acids is 1. The van der Waals surface area contributed by atoms with Crippen molar-refractivity contribution < 1.29 is 29.7 Å². The number of nitrogens with zero attached hydrogens (tertiary/aromatic N) is 4. The van der Waals surface area contributed by atoms with Crippen molar-refractivity contribution in [3.63, 3.8) is 0 Å². The molecule has 10 heteroatoms. The first kappa shape index (κ1) is 32.4. The Morgan fingerprint density at radius 2 is 1.45 bits per heavy atom. The van der Waals surface area contributed by atoms with E-state index < -0.39 is 17.9 Å². The monoisotopic (exact) mass is 630 g/mol. The van der Waals surface area contributed by atoms with Gasteiger partial charge in [0, 0.05) is 37.7 Å². The lowest BCUT2D eigenvalue weighted by atomic mass is 9.98. The van der Waals surface area contributed by atoms with Crippen LogP contribution in [0.15, 0.2) is 97.1 Å². The highest BCUT2D eigenvalue weighted by Gasteiger charge is 2.17. The van der Waals surface area contributed by atoms with Gasteiger partial charge in [0.1, 0.15) is 11.6 Å². The number of carboxylic acid groups (broad SMARTS) is 3. The fraction of sp³-hybridized carbons (Fsp3) is 0.162. The Balaban J connectivity index is 0.000000483. The highest BCUT2D eigenvalue weighted by Crippen LogP contribution is 2.31. The summed E-state index contributed by atoms with van der Waals surface area (Å²) in [6, 6.07) is 27.9. The lowest BCUT2D eigenvalue weighted by Gasteiger charge is -2.12. The number of rotatable bonds is 9. The van der Waals surface area contributed by atoms with Crippen LogP contribution in [0, 0.1) is 6.92 Å². The Bertz CT molecular complexity index is 2120. The summed E-state index contributed by atoms with van der Waals surface area (Å²) in [5.74, 6) is -1.43. The molecule has 6 rings (SSSR count). The van der Waals surface area contributed by atoms with Crippen LogP contribution in [-0.4, -0.2) is 52.3 Å². The van der Waals surface area contributed by atoms with E-state index in [1.807, 2.05) is 42.5 Å². The molecule has 0 aliphatic rings. The Hall–Kier alpha value is -6.03. The predicted octanol–water partition coefficient (Wildman–Crippen LogP) is 6.98. The van der Waals surface area contributed by atoms with Crippen molar-refractivity contribution in [1.29, 1.82) is 0 Å². The smallest absolute Gasteiger partial charge is 0.336 e. The van der Waals surface area contributed by atoms with Gasteiger partial charge in [0.15, 0.2) is 0 Å². The molecule has 0 spiro atoms. The molecule has 6 aromatic rings. The first-order valence-electron chi connectivity index (χ1n) is 15.0. The second-order valence-corrected chi connectivity index (χ2v) is 11.1. The number of benzene rings is 4. The van der Waals surface area contributed by atoms with Gasteiger partial charge in [0.25, 0.3) is 0 Å². The largest absolute Gasteiger partial charge is 0.478 e. The number of fused-ring (bicyclic) bond motifs is 2. The van der Waals surface area contributed by atoms with Gasteiger partial charge in [-0.15, -0.1) is 0 Å². The second kappa shape index (κ2) is 13.9. The van der Waals surface area contributed by atoms with Crippen LogP contribution in [0.3, 0.4) is 0 Å². The van der Waals surface area contributed by atoms with Gasteiger partial charge in [-0.2, -0.15) is 0 Å². The number of hydrogen-bond acceptors (Lipinski definition) is 5. The Labute approximate surface area is 270 Å². The summed E-state index contributed by atoms with van der Waals surface area (Å²) < 4.78 is 4.47. The molecule has 0 saturated heterocycles. The molecule has 0 unspecified atom stereocenters. The van der Waals surface area contributed by atoms with Crippen LogP contribution in [0.4, 0.5) is 0 Å². The number of para-hydroxylation sites is 2. The third-order valence-electron chi connectivity index (χ3n) is 7.77. The van der Waals surface area contributed by atoms with Crippen LogP contribution in [-0.2, 0) is 29.6 Å². The summed E-state index contributed by atoms with van der Waals surface area (Å²) >= 11 is 0. The van der Waals surface area contributed by atoms with Crippen molar-refractivity contribution in [2.24, 2.45) is 7.05 Å². The third kappa shape index (κ3) is 7.12. The maximum absolute atomic E-state index is 11.7. The minimum absolute atomic E-state index is 0.307. The molecule has 0 aliphatic carbocycles. The number of aliphatic carboxylic acids is 2. The summed E-state index contributed by atoms with van der Waals surface area (Å²) in [5, 5.41) is 25.2. The van der Waals surface area contributed by atoms with Crippen molar-refractivity contribution in [3.05, 3.63) is 120 Å². The maximum atomic E-state index is 11.7. The lowest BCUT2D eigenvalue weighted by Crippen LogP contribution is -2.05. The van der Waals surface area contributed by atoms with Crippen molar-refractivity contribution >= 4 is 40.0 Å². The Morgan fingerprint density at radius 3 is 2.09 bits per heavy atom. The van der Waals surface area contributed by atoms with Gasteiger partial charge in [0.05, 0.1) is 27.6 Å². The molecule has 0 fully saturated rings. The summed E-state index contributed by atoms with van der Waals surface area (Å²) in [6.45, 7) is 4.98. The summed E-state index contributed by atoms with van der Waals surface area (Å²) in [4.78, 5) is 40.8. The number of carboxylic acids is 3. The molecule has 0 saturated carbocycles. The molecular weight excluding hydrogens is 596 g/mol. The van der Waals surface area contributed by atoms with Gasteiger partial charge < -0.3 is 24.5 Å². The molecule has 47 heavy (non-hydrogen) atoms. The summed E-state index contributed by atoms with van der Waals surface area (Å²) in [7, 11) is 2.06. The molecular formula is C37H34N4O6. The molecule has 0 atom stereocenters. The standard InChI is InChI=1S/C33H30N4O2.C4H4O4/c1-4-9-30-35-31-21(2)18-24(32-34-27-12-7-8-13-28(27)36(32)3)19-29(31)37(30)20-22-14-16-23(17-15-22)25-10-5-6-11-26(25)33(38)39;5-3(6)1-2-4(7)8/h5-8,10-19H,4,9,20H2,1-3H3,(H,38,39);1-2H,(H,5,6)(H,7,8)/b;2-1+. The van der Waals surface area contributed by atoms with E-state index in [0.717, 1.165) is 74.4 Å². The van der Waals surface area contributed by atoms with E-state index >= 15 is 0 Å². The summed E-state index contributed by atoms with van der Waals surface area (Å²) in [6.07, 6.45) is 3.01. The highest BCUT2D eigenvalue weighted by atomic mass is 16.4. The maximum Gasteiger partial charge on any atom is 0.336 e. The quantitative estimate of drug-likeness (QED) is 0.145. The lowest BCUT2D eigenvalue weighted by molar-refractivity contribution is -0.134. The summed E-state index contributed by atoms with van der Waals surface area (Å²) in [5.41, 5.74) is 9.46. The zero-order chi connectivity index (χ0) is 33.7.